The molecule has 2 aromatic rings. The lowest BCUT2D eigenvalue weighted by molar-refractivity contribution is -0.909. The number of halogens is 6. The van der Waals surface area contributed by atoms with E-state index in [0.717, 1.165) is 6.07 Å². The average Bonchev–Trinajstić information content (AvgIpc) is 3.21. The van der Waals surface area contributed by atoms with Gasteiger partial charge >= 0.3 is 11.0 Å². The minimum atomic E-state index is -6.37. The van der Waals surface area contributed by atoms with Gasteiger partial charge in [0.1, 0.15) is 0 Å². The van der Waals surface area contributed by atoms with E-state index in [2.05, 4.69) is 27.8 Å². The molecule has 0 saturated carbocycles. The molecule has 1 aliphatic carbocycles. The Morgan fingerprint density at radius 3 is 1.75 bits per heavy atom. The molecule has 0 N–H and O–H groups in total. The largest absolute Gasteiger partial charge is 0.501 e. The highest BCUT2D eigenvalue weighted by Crippen LogP contribution is 2.47. The van der Waals surface area contributed by atoms with Crippen LogP contribution in [-0.2, 0) is 26.1 Å². The zero-order valence-electron chi connectivity index (χ0n) is 23.0. The quantitative estimate of drug-likeness (QED) is 0.136. The first-order valence-corrected chi connectivity index (χ1v) is 16.0. The zero-order chi connectivity index (χ0) is 30.6. The number of benzene rings is 2. The molecule has 3 rings (SSSR count). The maximum Gasteiger partial charge on any atom is 0.501 e. The lowest BCUT2D eigenvalue weighted by Gasteiger charge is -2.34. The fraction of sp³-hybridized carbons (Fsp3) is 0.556. The summed E-state index contributed by atoms with van der Waals surface area (Å²) in [5, 5.41) is 0. The monoisotopic (exact) mass is 616 g/mol. The van der Waals surface area contributed by atoms with Gasteiger partial charge in [-0.3, -0.25) is 0 Å². The number of rotatable bonds is 10. The summed E-state index contributed by atoms with van der Waals surface area (Å²) >= 11 is 0. The summed E-state index contributed by atoms with van der Waals surface area (Å²) < 4.78 is 127. The number of unbranched alkanes of at least 4 members (excludes halogenated alkanes) is 2. The molecule has 0 saturated heterocycles. The molecule has 0 amide bonds. The third-order valence-electron chi connectivity index (χ3n) is 6.90. The van der Waals surface area contributed by atoms with Gasteiger partial charge in [-0.05, 0) is 54.0 Å². The second-order valence-electron chi connectivity index (χ2n) is 10.1. The molecular weight excluding hydrogens is 580 g/mol. The number of sulfone groups is 2. The van der Waals surface area contributed by atoms with Crippen molar-refractivity contribution in [2.24, 2.45) is 0 Å². The van der Waals surface area contributed by atoms with Crippen LogP contribution < -0.4 is 0 Å². The van der Waals surface area contributed by atoms with Crippen molar-refractivity contribution >= 4 is 19.7 Å². The molecule has 2 aromatic carbocycles. The topological polar surface area (TPSA) is 68.3 Å². The molecular formula is C27H36F6NO4S2+. The van der Waals surface area contributed by atoms with E-state index in [1.807, 2.05) is 0 Å². The van der Waals surface area contributed by atoms with Gasteiger partial charge in [-0.15, -0.1) is 0 Å². The van der Waals surface area contributed by atoms with Gasteiger partial charge < -0.3 is 4.48 Å². The minimum Gasteiger partial charge on any atom is -0.326 e. The van der Waals surface area contributed by atoms with Gasteiger partial charge in [-0.25, -0.2) is 16.8 Å². The van der Waals surface area contributed by atoms with Crippen molar-refractivity contribution in [2.75, 3.05) is 26.7 Å². The lowest BCUT2D eigenvalue weighted by Crippen LogP contribution is -2.45. The second kappa shape index (κ2) is 12.8. The van der Waals surface area contributed by atoms with Crippen LogP contribution in [0.25, 0.3) is 11.1 Å². The van der Waals surface area contributed by atoms with Crippen LogP contribution in [0.3, 0.4) is 0 Å². The molecule has 0 radical (unpaired) electrons. The van der Waals surface area contributed by atoms with E-state index in [0.29, 0.717) is 11.1 Å². The molecule has 5 nitrogen and oxygen atoms in total. The Balaban J connectivity index is 0.000000366. The molecule has 0 aromatic heterocycles. The third kappa shape index (κ3) is 7.20. The van der Waals surface area contributed by atoms with Crippen molar-refractivity contribution in [1.82, 2.24) is 0 Å². The predicted molar refractivity (Wildman–Crippen MR) is 142 cm³/mol. The Bertz CT molecular complexity index is 1380. The van der Waals surface area contributed by atoms with E-state index < -0.39 is 52.5 Å². The number of hydrogen-bond acceptors (Lipinski definition) is 4. The smallest absolute Gasteiger partial charge is 0.326 e. The summed E-state index contributed by atoms with van der Waals surface area (Å²) in [5.41, 5.74) is -11.9. The first-order valence-electron chi connectivity index (χ1n) is 13.1. The molecule has 0 spiro atoms. The molecule has 0 heterocycles. The van der Waals surface area contributed by atoms with Crippen LogP contribution in [0, 0.1) is 0 Å². The van der Waals surface area contributed by atoms with Gasteiger partial charge in [-0.1, -0.05) is 57.5 Å². The molecule has 0 aliphatic heterocycles. The summed E-state index contributed by atoms with van der Waals surface area (Å²) in [6.45, 7) is 11.0. The van der Waals surface area contributed by atoms with Gasteiger partial charge in [0.05, 0.1) is 36.5 Å². The highest BCUT2D eigenvalue weighted by molar-refractivity contribution is 7.95. The van der Waals surface area contributed by atoms with Gasteiger partial charge in [0.25, 0.3) is 19.7 Å². The summed E-state index contributed by atoms with van der Waals surface area (Å²) in [7, 11) is -10.3. The average molecular weight is 617 g/mol. The number of hydrogen-bond donors (Lipinski definition) is 0. The van der Waals surface area contributed by atoms with Crippen LogP contribution in [-0.4, -0.2) is 59.0 Å². The normalized spacial score (nSPS) is 13.8. The molecule has 0 bridgehead atoms. The van der Waals surface area contributed by atoms with E-state index in [1.54, 1.807) is 0 Å². The van der Waals surface area contributed by atoms with Crippen molar-refractivity contribution in [3.63, 3.8) is 0 Å². The Kier molecular flexibility index (Phi) is 10.9. The molecule has 40 heavy (non-hydrogen) atoms. The van der Waals surface area contributed by atoms with Crippen molar-refractivity contribution in [2.45, 2.75) is 80.1 Å². The maximum atomic E-state index is 13.1. The Morgan fingerprint density at radius 2 is 1.25 bits per heavy atom. The fourth-order valence-electron chi connectivity index (χ4n) is 5.07. The Labute approximate surface area is 232 Å². The van der Waals surface area contributed by atoms with Gasteiger partial charge in [0.2, 0.25) is 0 Å². The highest BCUT2D eigenvalue weighted by Gasteiger charge is 2.55. The van der Waals surface area contributed by atoms with Crippen molar-refractivity contribution < 1.29 is 47.7 Å². The molecule has 226 valence electrons. The molecule has 13 heteroatoms. The summed E-state index contributed by atoms with van der Waals surface area (Å²) in [4.78, 5) is -3.81. The van der Waals surface area contributed by atoms with E-state index in [-0.39, 0.29) is 11.6 Å². The van der Waals surface area contributed by atoms with E-state index in [9.17, 15) is 43.2 Å². The van der Waals surface area contributed by atoms with Crippen molar-refractivity contribution in [3.8, 4) is 11.1 Å². The lowest BCUT2D eigenvalue weighted by atomic mass is 10.1. The van der Waals surface area contributed by atoms with Gasteiger partial charge in [-0.2, -0.15) is 26.3 Å². The Morgan fingerprint density at radius 1 is 0.700 bits per heavy atom. The Hall–Kier alpha value is -2.12. The molecule has 1 aliphatic rings. The first kappa shape index (κ1) is 34.1. The van der Waals surface area contributed by atoms with Crippen LogP contribution in [0.5, 0.6) is 0 Å². The summed E-state index contributed by atoms with van der Waals surface area (Å²) in [6, 6.07) is 7.06. The highest BCUT2D eigenvalue weighted by atomic mass is 32.2. The third-order valence-corrected chi connectivity index (χ3v) is 10.2. The number of nitrogens with zero attached hydrogens (tertiary/aromatic N) is 1. The van der Waals surface area contributed by atoms with E-state index in [1.165, 1.54) is 80.5 Å². The zero-order valence-corrected chi connectivity index (χ0v) is 24.6. The van der Waals surface area contributed by atoms with Gasteiger partial charge in [0.15, 0.2) is 0 Å². The minimum absolute atomic E-state index is 0.0606. The summed E-state index contributed by atoms with van der Waals surface area (Å²) in [5.74, 6) is 0. The first-order chi connectivity index (χ1) is 18.4. The SMILES string of the molecule is CCCCC[N+](C)(CCC)CCC.O=S(=O)(c1ccc2c(c1S(=O)(=O)C(F)(F)F)Cc1ccccc1-2)C(F)(F)F. The van der Waals surface area contributed by atoms with Crippen molar-refractivity contribution in [3.05, 3.63) is 47.5 Å². The standard InChI is InChI=1S/C15H8F6O4S2.C12H28N/c16-14(17,18)26(22,23)12-6-5-10-9-4-2-1-3-8(9)7-11(10)13(12)27(24,25)15(19,20)21;1-5-8-9-12-13(4,10-6-2)11-7-3/h1-6H,7H2;5-12H2,1-4H3/q;+1. The van der Waals surface area contributed by atoms with Crippen molar-refractivity contribution in [1.29, 1.82) is 0 Å². The number of fused-ring (bicyclic) bond motifs is 3. The second-order valence-corrected chi connectivity index (χ2v) is 13.9. The fourth-order valence-corrected chi connectivity index (χ4v) is 7.66. The predicted octanol–water partition coefficient (Wildman–Crippen LogP) is 7.29. The summed E-state index contributed by atoms with van der Waals surface area (Å²) in [6.07, 6.45) is 6.36. The van der Waals surface area contributed by atoms with E-state index in [4.69, 9.17) is 0 Å². The van der Waals surface area contributed by atoms with Gasteiger partial charge in [0, 0.05) is 6.42 Å². The number of quaternary nitrogens is 1. The van der Waals surface area contributed by atoms with Crippen LogP contribution in [0.4, 0.5) is 26.3 Å². The molecule has 0 fully saturated rings. The van der Waals surface area contributed by atoms with Crippen LogP contribution in [0.2, 0.25) is 0 Å². The van der Waals surface area contributed by atoms with Crippen LogP contribution in [0.1, 0.15) is 64.0 Å². The van der Waals surface area contributed by atoms with Crippen LogP contribution in [0.15, 0.2) is 46.2 Å². The van der Waals surface area contributed by atoms with Crippen LogP contribution >= 0.6 is 0 Å². The number of alkyl halides is 6. The van der Waals surface area contributed by atoms with E-state index >= 15 is 0 Å². The molecule has 0 unspecified atom stereocenters. The molecule has 0 atom stereocenters. The maximum absolute atomic E-state index is 13.1.